The van der Waals surface area contributed by atoms with Crippen molar-refractivity contribution in [3.63, 3.8) is 0 Å². The number of hydrogen-bond acceptors (Lipinski definition) is 5. The Bertz CT molecular complexity index is 956. The fraction of sp³-hybridized carbons (Fsp3) is 0.480. The molecule has 0 aliphatic heterocycles. The summed E-state index contributed by atoms with van der Waals surface area (Å²) in [5, 5.41) is 3.11. The van der Waals surface area contributed by atoms with Crippen LogP contribution in [0.1, 0.15) is 17.5 Å². The molecule has 6 nitrogen and oxygen atoms in total. The Morgan fingerprint density at radius 1 is 0.941 bits per heavy atom. The monoisotopic (exact) mass is 661 g/mol. The Kier molecular flexibility index (Phi) is 12.4. The van der Waals surface area contributed by atoms with Gasteiger partial charge in [-0.2, -0.15) is 0 Å². The van der Waals surface area contributed by atoms with E-state index in [2.05, 4.69) is 71.1 Å². The number of hydrogen-bond donors (Lipinski definition) is 1. The van der Waals surface area contributed by atoms with Crippen molar-refractivity contribution in [3.8, 4) is 11.5 Å². The highest BCUT2D eigenvalue weighted by atomic mass is 79.9. The molecule has 2 rings (SSSR count). The van der Waals surface area contributed by atoms with Gasteiger partial charge >= 0.3 is 0 Å². The van der Waals surface area contributed by atoms with Crippen molar-refractivity contribution < 1.29 is 14.3 Å². The number of carbonyl (C=O) groups excluding carboxylic acids is 1. The van der Waals surface area contributed by atoms with Gasteiger partial charge in [-0.05, 0) is 114 Å². The van der Waals surface area contributed by atoms with E-state index in [1.807, 2.05) is 43.3 Å². The molecule has 0 unspecified atom stereocenters. The minimum Gasteiger partial charge on any atom is -0.496 e. The molecule has 0 aromatic heterocycles. The van der Waals surface area contributed by atoms with Crippen LogP contribution in [0.4, 0.5) is 0 Å². The number of methoxy groups -OCH3 is 2. The topological polar surface area (TPSA) is 54.0 Å². The van der Waals surface area contributed by atoms with E-state index in [9.17, 15) is 4.79 Å². The lowest BCUT2D eigenvalue weighted by Gasteiger charge is -2.24. The van der Waals surface area contributed by atoms with Crippen molar-refractivity contribution in [2.75, 3.05) is 55.0 Å². The van der Waals surface area contributed by atoms with E-state index in [1.54, 1.807) is 14.2 Å². The van der Waals surface area contributed by atoms with Gasteiger partial charge in [0.25, 0.3) is 0 Å². The lowest BCUT2D eigenvalue weighted by atomic mass is 10.0. The van der Waals surface area contributed by atoms with E-state index in [1.165, 1.54) is 5.56 Å². The predicted molar refractivity (Wildman–Crippen MR) is 149 cm³/mol. The quantitative estimate of drug-likeness (QED) is 0.301. The van der Waals surface area contributed by atoms with Crippen LogP contribution in [-0.4, -0.2) is 76.7 Å². The maximum absolute atomic E-state index is 12.9. The SMILES string of the molecule is COc1ccc(C[C@H](C(=O)NCCCN(C)CCc2cc(OC)c(Br)cc2Br)N(C)C)cc1Br. The summed E-state index contributed by atoms with van der Waals surface area (Å²) in [5.41, 5.74) is 2.29. The van der Waals surface area contributed by atoms with Crippen LogP contribution in [0.15, 0.2) is 43.7 Å². The van der Waals surface area contributed by atoms with Gasteiger partial charge in [0.1, 0.15) is 11.5 Å². The number of ether oxygens (including phenoxy) is 2. The second-order valence-electron chi connectivity index (χ2n) is 8.43. The van der Waals surface area contributed by atoms with Crippen molar-refractivity contribution in [2.45, 2.75) is 25.3 Å². The van der Waals surface area contributed by atoms with Gasteiger partial charge in [0.2, 0.25) is 5.91 Å². The normalized spacial score (nSPS) is 12.2. The smallest absolute Gasteiger partial charge is 0.237 e. The van der Waals surface area contributed by atoms with Gasteiger partial charge in [-0.3, -0.25) is 9.69 Å². The van der Waals surface area contributed by atoms with Crippen LogP contribution in [0, 0.1) is 0 Å². The summed E-state index contributed by atoms with van der Waals surface area (Å²) in [6.45, 7) is 2.48. The van der Waals surface area contributed by atoms with Crippen LogP contribution in [0.3, 0.4) is 0 Å². The molecule has 0 spiro atoms. The number of amides is 1. The lowest BCUT2D eigenvalue weighted by molar-refractivity contribution is -0.125. The Labute approximate surface area is 228 Å². The van der Waals surface area contributed by atoms with Gasteiger partial charge in [-0.15, -0.1) is 0 Å². The molecule has 2 aromatic rings. The van der Waals surface area contributed by atoms with Crippen LogP contribution >= 0.6 is 47.8 Å². The molecule has 1 N–H and O–H groups in total. The zero-order chi connectivity index (χ0) is 25.3. The van der Waals surface area contributed by atoms with Gasteiger partial charge in [0.15, 0.2) is 0 Å². The average Bonchev–Trinajstić information content (AvgIpc) is 2.79. The van der Waals surface area contributed by atoms with E-state index < -0.39 is 0 Å². The molecule has 0 aliphatic carbocycles. The maximum Gasteiger partial charge on any atom is 0.237 e. The first-order chi connectivity index (χ1) is 16.2. The third-order valence-electron chi connectivity index (χ3n) is 5.67. The largest absolute Gasteiger partial charge is 0.496 e. The number of benzene rings is 2. The molecule has 0 fully saturated rings. The minimum atomic E-state index is -0.234. The van der Waals surface area contributed by atoms with Crippen LogP contribution < -0.4 is 14.8 Å². The fourth-order valence-electron chi connectivity index (χ4n) is 3.59. The summed E-state index contributed by atoms with van der Waals surface area (Å²) in [4.78, 5) is 17.1. The molecule has 1 amide bonds. The number of halogens is 3. The van der Waals surface area contributed by atoms with Crippen LogP contribution in [-0.2, 0) is 17.6 Å². The molecule has 1 atom stereocenters. The Morgan fingerprint density at radius 3 is 2.24 bits per heavy atom. The number of rotatable bonds is 13. The van der Waals surface area contributed by atoms with E-state index in [4.69, 9.17) is 9.47 Å². The Balaban J connectivity index is 1.79. The number of carbonyl (C=O) groups is 1. The molecule has 0 saturated carbocycles. The van der Waals surface area contributed by atoms with Crippen LogP contribution in [0.5, 0.6) is 11.5 Å². The second kappa shape index (κ2) is 14.4. The first-order valence-electron chi connectivity index (χ1n) is 11.1. The molecule has 9 heteroatoms. The minimum absolute atomic E-state index is 0.0467. The summed E-state index contributed by atoms with van der Waals surface area (Å²) >= 11 is 10.7. The maximum atomic E-state index is 12.9. The van der Waals surface area contributed by atoms with Gasteiger partial charge in [-0.25, -0.2) is 0 Å². The average molecular weight is 664 g/mol. The number of likely N-dealkylation sites (N-methyl/N-ethyl adjacent to an activating group) is 2. The molecule has 0 bridgehead atoms. The van der Waals surface area contributed by atoms with E-state index in [0.717, 1.165) is 56.4 Å². The predicted octanol–water partition coefficient (Wildman–Crippen LogP) is 5.14. The standard InChI is InChI=1S/C25H34Br3N3O3/c1-30(2)22(14-17-7-8-23(33-4)20(27)13-17)25(32)29-10-6-11-31(3)12-9-18-15-24(34-5)21(28)16-19(18)26/h7-8,13,15-16,22H,6,9-12,14H2,1-5H3,(H,29,32)/t22-/m1/s1. The van der Waals surface area contributed by atoms with Crippen molar-refractivity contribution in [1.82, 2.24) is 15.1 Å². The van der Waals surface area contributed by atoms with Gasteiger partial charge in [-0.1, -0.05) is 22.0 Å². The molecular weight excluding hydrogens is 630 g/mol. The summed E-state index contributed by atoms with van der Waals surface area (Å²) in [7, 11) is 9.30. The molecule has 0 radical (unpaired) electrons. The van der Waals surface area contributed by atoms with Gasteiger partial charge in [0.05, 0.1) is 29.2 Å². The van der Waals surface area contributed by atoms with Crippen molar-refractivity contribution >= 4 is 53.7 Å². The first-order valence-corrected chi connectivity index (χ1v) is 13.5. The Hall–Kier alpha value is -1.13. The molecule has 0 heterocycles. The summed E-state index contributed by atoms with van der Waals surface area (Å²) in [6, 6.07) is 9.78. The lowest BCUT2D eigenvalue weighted by Crippen LogP contribution is -2.45. The van der Waals surface area contributed by atoms with E-state index >= 15 is 0 Å². The molecule has 2 aromatic carbocycles. The molecule has 0 aliphatic rings. The van der Waals surface area contributed by atoms with Gasteiger partial charge in [0, 0.05) is 17.6 Å². The van der Waals surface area contributed by atoms with Crippen LogP contribution in [0.2, 0.25) is 0 Å². The highest BCUT2D eigenvalue weighted by molar-refractivity contribution is 9.11. The zero-order valence-electron chi connectivity index (χ0n) is 20.5. The van der Waals surface area contributed by atoms with Crippen molar-refractivity contribution in [3.05, 3.63) is 54.9 Å². The third-order valence-corrected chi connectivity index (χ3v) is 7.65. The summed E-state index contributed by atoms with van der Waals surface area (Å²) < 4.78 is 13.6. The highest BCUT2D eigenvalue weighted by Crippen LogP contribution is 2.31. The fourth-order valence-corrected chi connectivity index (χ4v) is 5.53. The highest BCUT2D eigenvalue weighted by Gasteiger charge is 2.21. The van der Waals surface area contributed by atoms with Gasteiger partial charge < -0.3 is 19.7 Å². The van der Waals surface area contributed by atoms with Crippen molar-refractivity contribution in [2.24, 2.45) is 0 Å². The number of nitrogens with zero attached hydrogens (tertiary/aromatic N) is 2. The molecule has 188 valence electrons. The first kappa shape index (κ1) is 29.1. The summed E-state index contributed by atoms with van der Waals surface area (Å²) in [6.07, 6.45) is 2.43. The molecule has 0 saturated heterocycles. The second-order valence-corrected chi connectivity index (χ2v) is 11.0. The van der Waals surface area contributed by atoms with Crippen LogP contribution in [0.25, 0.3) is 0 Å². The third kappa shape index (κ3) is 8.82. The molecular formula is C25H34Br3N3O3. The van der Waals surface area contributed by atoms with E-state index in [-0.39, 0.29) is 11.9 Å². The molecule has 34 heavy (non-hydrogen) atoms. The zero-order valence-corrected chi connectivity index (χ0v) is 25.2. The van der Waals surface area contributed by atoms with Crippen molar-refractivity contribution in [1.29, 1.82) is 0 Å². The summed E-state index contributed by atoms with van der Waals surface area (Å²) in [5.74, 6) is 1.66. The Morgan fingerprint density at radius 2 is 1.62 bits per heavy atom. The number of nitrogens with one attached hydrogen (secondary N) is 1. The van der Waals surface area contributed by atoms with E-state index in [0.29, 0.717) is 13.0 Å².